The monoisotopic (exact) mass is 400 g/mol. The van der Waals surface area contributed by atoms with Gasteiger partial charge in [0, 0.05) is 11.9 Å². The molecule has 0 saturated carbocycles. The minimum Gasteiger partial charge on any atom is -0.487 e. The third kappa shape index (κ3) is 3.44. The predicted molar refractivity (Wildman–Crippen MR) is 88.4 cm³/mol. The Hall–Kier alpha value is -0.810. The molecule has 0 unspecified atom stereocenters. The average Bonchev–Trinajstić information content (AvgIpc) is 2.81. The third-order valence-corrected chi connectivity index (χ3v) is 4.71. The molecule has 20 heavy (non-hydrogen) atoms. The molecule has 0 N–H and O–H groups in total. The number of rotatable bonds is 6. The van der Waals surface area contributed by atoms with Gasteiger partial charge in [-0.3, -0.25) is 4.68 Å². The van der Waals surface area contributed by atoms with Crippen molar-refractivity contribution in [2.24, 2.45) is 0 Å². The lowest BCUT2D eigenvalue weighted by Crippen LogP contribution is -2.06. The van der Waals surface area contributed by atoms with E-state index >= 15 is 0 Å². The fourth-order valence-corrected chi connectivity index (χ4v) is 3.03. The molecule has 108 valence electrons. The maximum absolute atomic E-state index is 5.87. The van der Waals surface area contributed by atoms with Gasteiger partial charge in [-0.15, -0.1) is 0 Å². The van der Waals surface area contributed by atoms with E-state index in [1.54, 1.807) is 0 Å². The lowest BCUT2D eigenvalue weighted by Gasteiger charge is -2.09. The van der Waals surface area contributed by atoms with Crippen molar-refractivity contribution in [3.63, 3.8) is 0 Å². The van der Waals surface area contributed by atoms with E-state index in [1.807, 2.05) is 16.8 Å². The zero-order valence-electron chi connectivity index (χ0n) is 11.7. The van der Waals surface area contributed by atoms with Gasteiger partial charge in [0.1, 0.15) is 12.4 Å². The topological polar surface area (TPSA) is 27.1 Å². The van der Waals surface area contributed by atoms with Crippen LogP contribution in [0, 0.1) is 0 Å². The Balaban J connectivity index is 2.11. The zero-order chi connectivity index (χ0) is 14.5. The van der Waals surface area contributed by atoms with E-state index in [1.165, 1.54) is 5.56 Å². The summed E-state index contributed by atoms with van der Waals surface area (Å²) in [5.74, 6) is 0.878. The fourth-order valence-electron chi connectivity index (χ4n) is 1.98. The lowest BCUT2D eigenvalue weighted by atomic mass is 10.2. The Bertz CT molecular complexity index is 564. The van der Waals surface area contributed by atoms with Gasteiger partial charge in [-0.1, -0.05) is 35.0 Å². The summed E-state index contributed by atoms with van der Waals surface area (Å²) in [4.78, 5) is 0. The fraction of sp³-hybridized carbons (Fsp3) is 0.400. The molecule has 1 aromatic carbocycles. The quantitative estimate of drug-likeness (QED) is 0.655. The van der Waals surface area contributed by atoms with Crippen molar-refractivity contribution in [3.8, 4) is 5.75 Å². The minimum absolute atomic E-state index is 0.523. The average molecular weight is 402 g/mol. The predicted octanol–water partition coefficient (Wildman–Crippen LogP) is 4.70. The van der Waals surface area contributed by atoms with Crippen molar-refractivity contribution in [1.29, 1.82) is 0 Å². The molecule has 0 spiro atoms. The van der Waals surface area contributed by atoms with E-state index in [0.29, 0.717) is 6.61 Å². The highest BCUT2D eigenvalue weighted by molar-refractivity contribution is 9.10. The van der Waals surface area contributed by atoms with Crippen LogP contribution in [0.3, 0.4) is 0 Å². The van der Waals surface area contributed by atoms with Crippen LogP contribution in [0.5, 0.6) is 5.75 Å². The van der Waals surface area contributed by atoms with E-state index in [4.69, 9.17) is 4.74 Å². The summed E-state index contributed by atoms with van der Waals surface area (Å²) in [5.41, 5.74) is 3.42. The van der Waals surface area contributed by atoms with Crippen LogP contribution in [0.4, 0.5) is 0 Å². The van der Waals surface area contributed by atoms with Crippen LogP contribution in [0.2, 0.25) is 0 Å². The summed E-state index contributed by atoms with van der Waals surface area (Å²) in [6, 6.07) is 8.12. The first-order valence-electron chi connectivity index (χ1n) is 6.71. The van der Waals surface area contributed by atoms with Crippen LogP contribution >= 0.6 is 31.9 Å². The molecular weight excluding hydrogens is 384 g/mol. The Morgan fingerprint density at radius 3 is 2.45 bits per heavy atom. The molecule has 0 fully saturated rings. The number of halogens is 2. The van der Waals surface area contributed by atoms with Gasteiger partial charge < -0.3 is 4.74 Å². The van der Waals surface area contributed by atoms with Crippen LogP contribution in [0.25, 0.3) is 0 Å². The molecule has 0 atom stereocenters. The number of aromatic nitrogens is 2. The molecular formula is C15H18Br2N2O. The van der Waals surface area contributed by atoms with Crippen LogP contribution in [0.1, 0.15) is 30.8 Å². The summed E-state index contributed by atoms with van der Waals surface area (Å²) in [6.07, 6.45) is 0.917. The maximum Gasteiger partial charge on any atom is 0.131 e. The molecule has 5 heteroatoms. The highest BCUT2D eigenvalue weighted by Crippen LogP contribution is 2.24. The second-order valence-corrected chi connectivity index (χ2v) is 5.80. The number of hydrogen-bond donors (Lipinski definition) is 0. The van der Waals surface area contributed by atoms with Gasteiger partial charge in [0.25, 0.3) is 0 Å². The first kappa shape index (κ1) is 15.6. The lowest BCUT2D eigenvalue weighted by molar-refractivity contribution is 0.291. The van der Waals surface area contributed by atoms with Gasteiger partial charge in [-0.2, -0.15) is 5.10 Å². The molecule has 0 aliphatic heterocycles. The number of nitrogens with zero attached hydrogens (tertiary/aromatic N) is 2. The summed E-state index contributed by atoms with van der Waals surface area (Å²) in [7, 11) is 0. The highest BCUT2D eigenvalue weighted by Gasteiger charge is 2.14. The number of aryl methyl sites for hydroxylation is 2. The number of hydrogen-bond acceptors (Lipinski definition) is 2. The van der Waals surface area contributed by atoms with Crippen molar-refractivity contribution >= 4 is 31.9 Å². The molecule has 0 amide bonds. The molecule has 1 aromatic heterocycles. The maximum atomic E-state index is 5.87. The first-order chi connectivity index (χ1) is 9.69. The SMILES string of the molecule is CCc1nn(CC)c(COc2ccc(CBr)cc2)c1Br. The van der Waals surface area contributed by atoms with Crippen LogP contribution in [-0.2, 0) is 24.9 Å². The summed E-state index contributed by atoms with van der Waals surface area (Å²) in [5, 5.41) is 5.43. The molecule has 0 radical (unpaired) electrons. The standard InChI is InChI=1S/C15H18Br2N2O/c1-3-13-15(17)14(19(4-2)18-13)10-20-12-7-5-11(9-16)6-8-12/h5-8H,3-4,9-10H2,1-2H3. The molecule has 0 aliphatic carbocycles. The van der Waals surface area contributed by atoms with E-state index < -0.39 is 0 Å². The molecule has 0 saturated heterocycles. The van der Waals surface area contributed by atoms with Gasteiger partial charge in [0.2, 0.25) is 0 Å². The van der Waals surface area contributed by atoms with Crippen molar-refractivity contribution < 1.29 is 4.74 Å². The van der Waals surface area contributed by atoms with Crippen molar-refractivity contribution in [1.82, 2.24) is 9.78 Å². The first-order valence-corrected chi connectivity index (χ1v) is 8.62. The Kier molecular flexibility index (Phi) is 5.66. The molecule has 3 nitrogen and oxygen atoms in total. The van der Waals surface area contributed by atoms with Crippen LogP contribution < -0.4 is 4.74 Å². The Morgan fingerprint density at radius 2 is 1.90 bits per heavy atom. The number of ether oxygens (including phenoxy) is 1. The largest absolute Gasteiger partial charge is 0.487 e. The second kappa shape index (κ2) is 7.27. The van der Waals surface area contributed by atoms with Gasteiger partial charge in [0.15, 0.2) is 0 Å². The highest BCUT2D eigenvalue weighted by atomic mass is 79.9. The number of benzene rings is 1. The van der Waals surface area contributed by atoms with Gasteiger partial charge in [-0.25, -0.2) is 0 Å². The summed E-state index contributed by atoms with van der Waals surface area (Å²) >= 11 is 7.07. The zero-order valence-corrected chi connectivity index (χ0v) is 14.9. The Labute approximate surface area is 136 Å². The Morgan fingerprint density at radius 1 is 1.20 bits per heavy atom. The van der Waals surface area contributed by atoms with Gasteiger partial charge in [-0.05, 0) is 47.0 Å². The van der Waals surface area contributed by atoms with E-state index in [9.17, 15) is 0 Å². The van der Waals surface area contributed by atoms with Crippen molar-refractivity contribution in [2.45, 2.75) is 38.8 Å². The van der Waals surface area contributed by atoms with Crippen molar-refractivity contribution in [2.75, 3.05) is 0 Å². The third-order valence-electron chi connectivity index (χ3n) is 3.15. The van der Waals surface area contributed by atoms with Gasteiger partial charge in [0.05, 0.1) is 15.9 Å². The number of alkyl halides is 1. The van der Waals surface area contributed by atoms with E-state index in [2.05, 4.69) is 62.9 Å². The second-order valence-electron chi connectivity index (χ2n) is 4.44. The van der Waals surface area contributed by atoms with Crippen LogP contribution in [0.15, 0.2) is 28.7 Å². The van der Waals surface area contributed by atoms with Crippen molar-refractivity contribution in [3.05, 3.63) is 45.7 Å². The van der Waals surface area contributed by atoms with Crippen LogP contribution in [-0.4, -0.2) is 9.78 Å². The molecule has 0 bridgehead atoms. The molecule has 1 heterocycles. The summed E-state index contributed by atoms with van der Waals surface area (Å²) < 4.78 is 8.93. The van der Waals surface area contributed by atoms with Gasteiger partial charge >= 0.3 is 0 Å². The molecule has 2 aromatic rings. The normalized spacial score (nSPS) is 10.8. The minimum atomic E-state index is 0.523. The molecule has 0 aliphatic rings. The smallest absolute Gasteiger partial charge is 0.131 e. The summed E-state index contributed by atoms with van der Waals surface area (Å²) in [6.45, 7) is 5.57. The van der Waals surface area contributed by atoms with E-state index in [0.717, 1.165) is 39.9 Å². The molecule has 2 rings (SSSR count). The van der Waals surface area contributed by atoms with E-state index in [-0.39, 0.29) is 0 Å².